The monoisotopic (exact) mass is 417 g/mol. The second-order valence-corrected chi connectivity index (χ2v) is 6.68. The maximum absolute atomic E-state index is 12.4. The molecule has 6 nitrogen and oxygen atoms in total. The van der Waals surface area contributed by atoms with E-state index >= 15 is 0 Å². The summed E-state index contributed by atoms with van der Waals surface area (Å²) in [5.41, 5.74) is 1.87. The number of nitrogens with one attached hydrogen (secondary N) is 2. The summed E-state index contributed by atoms with van der Waals surface area (Å²) in [7, 11) is 3.18. The number of halogens is 2. The number of amides is 2. The highest BCUT2D eigenvalue weighted by Gasteiger charge is 2.16. The summed E-state index contributed by atoms with van der Waals surface area (Å²) in [6.07, 6.45) is 0. The third-order valence-corrected chi connectivity index (χ3v) is 4.95. The number of methoxy groups -OCH3 is 1. The lowest BCUT2D eigenvalue weighted by molar-refractivity contribution is 0.101. The van der Waals surface area contributed by atoms with Crippen LogP contribution in [0.25, 0.3) is 0 Å². The van der Waals surface area contributed by atoms with Crippen molar-refractivity contribution >= 4 is 46.4 Å². The first-order valence-corrected chi connectivity index (χ1v) is 9.03. The molecule has 3 aromatic rings. The number of benzene rings is 2. The number of rotatable bonds is 5. The Balaban J connectivity index is 1.70. The van der Waals surface area contributed by atoms with Crippen LogP contribution in [0.4, 0.5) is 11.4 Å². The molecule has 2 N–H and O–H groups in total. The number of hydrogen-bond acceptors (Lipinski definition) is 3. The van der Waals surface area contributed by atoms with Crippen LogP contribution in [-0.2, 0) is 7.05 Å². The van der Waals surface area contributed by atoms with Gasteiger partial charge in [-0.05, 0) is 42.5 Å². The van der Waals surface area contributed by atoms with E-state index in [2.05, 4.69) is 10.6 Å². The topological polar surface area (TPSA) is 72.4 Å². The van der Waals surface area contributed by atoms with Crippen LogP contribution in [0.5, 0.6) is 5.75 Å². The van der Waals surface area contributed by atoms with E-state index < -0.39 is 0 Å². The smallest absolute Gasteiger partial charge is 0.272 e. The minimum absolute atomic E-state index is 0.287. The van der Waals surface area contributed by atoms with E-state index in [1.54, 1.807) is 49.5 Å². The number of aromatic nitrogens is 1. The fraction of sp³-hybridized carbons (Fsp3) is 0.100. The molecule has 1 heterocycles. The molecule has 0 saturated heterocycles. The molecule has 0 spiro atoms. The Bertz CT molecular complexity index is 1030. The molecule has 0 aliphatic carbocycles. The predicted octanol–water partition coefficient (Wildman–Crippen LogP) is 4.85. The summed E-state index contributed by atoms with van der Waals surface area (Å²) in [5, 5.41) is 6.13. The fourth-order valence-electron chi connectivity index (χ4n) is 2.60. The van der Waals surface area contributed by atoms with Gasteiger partial charge in [0.2, 0.25) is 0 Å². The molecule has 0 aliphatic heterocycles. The second kappa shape index (κ2) is 8.37. The van der Waals surface area contributed by atoms with Gasteiger partial charge in [0.15, 0.2) is 0 Å². The van der Waals surface area contributed by atoms with Crippen molar-refractivity contribution in [2.45, 2.75) is 0 Å². The van der Waals surface area contributed by atoms with Crippen molar-refractivity contribution < 1.29 is 14.3 Å². The molecule has 0 radical (unpaired) electrons. The zero-order valence-electron chi connectivity index (χ0n) is 15.1. The third kappa shape index (κ3) is 4.13. The van der Waals surface area contributed by atoms with E-state index in [4.69, 9.17) is 27.9 Å². The summed E-state index contributed by atoms with van der Waals surface area (Å²) in [6, 6.07) is 15.1. The molecule has 28 heavy (non-hydrogen) atoms. The van der Waals surface area contributed by atoms with Crippen molar-refractivity contribution in [3.8, 4) is 5.75 Å². The van der Waals surface area contributed by atoms with Crippen LogP contribution in [-0.4, -0.2) is 23.5 Å². The van der Waals surface area contributed by atoms with Crippen molar-refractivity contribution in [2.75, 3.05) is 17.7 Å². The number of carbonyl (C=O) groups is 2. The molecule has 0 fully saturated rings. The van der Waals surface area contributed by atoms with Crippen LogP contribution < -0.4 is 15.4 Å². The zero-order valence-corrected chi connectivity index (χ0v) is 16.6. The van der Waals surface area contributed by atoms with E-state index in [-0.39, 0.29) is 17.0 Å². The third-order valence-electron chi connectivity index (χ3n) is 4.11. The van der Waals surface area contributed by atoms with Gasteiger partial charge in [-0.1, -0.05) is 35.3 Å². The summed E-state index contributed by atoms with van der Waals surface area (Å²) >= 11 is 11.9. The lowest BCUT2D eigenvalue weighted by Gasteiger charge is -2.10. The fourth-order valence-corrected chi connectivity index (χ4v) is 2.98. The zero-order chi connectivity index (χ0) is 20.3. The van der Waals surface area contributed by atoms with Gasteiger partial charge < -0.3 is 19.9 Å². The maximum Gasteiger partial charge on any atom is 0.272 e. The number of carbonyl (C=O) groups excluding carboxylic acids is 2. The van der Waals surface area contributed by atoms with Gasteiger partial charge >= 0.3 is 0 Å². The van der Waals surface area contributed by atoms with Gasteiger partial charge in [0, 0.05) is 18.3 Å². The molecule has 0 atom stereocenters. The highest BCUT2D eigenvalue weighted by atomic mass is 35.5. The van der Waals surface area contributed by atoms with Crippen LogP contribution in [0.1, 0.15) is 20.8 Å². The summed E-state index contributed by atoms with van der Waals surface area (Å²) in [4.78, 5) is 24.8. The molecule has 3 rings (SSSR count). The quantitative estimate of drug-likeness (QED) is 0.623. The van der Waals surface area contributed by atoms with E-state index in [1.807, 2.05) is 6.07 Å². The predicted molar refractivity (Wildman–Crippen MR) is 111 cm³/mol. The number of para-hydroxylation sites is 2. The Morgan fingerprint density at radius 2 is 1.64 bits per heavy atom. The highest BCUT2D eigenvalue weighted by Crippen LogP contribution is 2.26. The standard InChI is InChI=1S/C20H17Cl2N3O3/c1-25-16(11-14(21)18(25)22)20(27)23-13-9-7-12(8-10-13)19(26)24-15-5-3-4-6-17(15)28-2/h3-11H,1-2H3,(H,23,27)(H,24,26). The van der Waals surface area contributed by atoms with E-state index in [1.165, 1.54) is 17.7 Å². The van der Waals surface area contributed by atoms with Crippen LogP contribution >= 0.6 is 23.2 Å². The molecule has 1 aromatic heterocycles. The van der Waals surface area contributed by atoms with Crippen LogP contribution in [0, 0.1) is 0 Å². The highest BCUT2D eigenvalue weighted by molar-refractivity contribution is 6.42. The summed E-state index contributed by atoms with van der Waals surface area (Å²) in [5.74, 6) is -0.0782. The normalized spacial score (nSPS) is 10.4. The van der Waals surface area contributed by atoms with Crippen LogP contribution in [0.2, 0.25) is 10.2 Å². The molecule has 0 bridgehead atoms. The number of nitrogens with zero attached hydrogens (tertiary/aromatic N) is 1. The van der Waals surface area contributed by atoms with Gasteiger partial charge in [-0.3, -0.25) is 9.59 Å². The summed E-state index contributed by atoms with van der Waals surface area (Å²) < 4.78 is 6.72. The van der Waals surface area contributed by atoms with Gasteiger partial charge in [-0.15, -0.1) is 0 Å². The van der Waals surface area contributed by atoms with E-state index in [9.17, 15) is 9.59 Å². The second-order valence-electron chi connectivity index (χ2n) is 5.91. The van der Waals surface area contributed by atoms with Crippen molar-refractivity contribution in [1.29, 1.82) is 0 Å². The Morgan fingerprint density at radius 1 is 0.964 bits per heavy atom. The molecule has 2 aromatic carbocycles. The van der Waals surface area contributed by atoms with Gasteiger partial charge in [0.1, 0.15) is 16.6 Å². The molecule has 2 amide bonds. The van der Waals surface area contributed by atoms with Crippen LogP contribution in [0.3, 0.4) is 0 Å². The molecule has 0 unspecified atom stereocenters. The van der Waals surface area contributed by atoms with Crippen molar-refractivity contribution in [2.24, 2.45) is 7.05 Å². The Morgan fingerprint density at radius 3 is 2.25 bits per heavy atom. The van der Waals surface area contributed by atoms with Crippen molar-refractivity contribution in [3.63, 3.8) is 0 Å². The minimum Gasteiger partial charge on any atom is -0.495 e. The first-order valence-electron chi connectivity index (χ1n) is 8.27. The average molecular weight is 418 g/mol. The molecular formula is C20H17Cl2N3O3. The van der Waals surface area contributed by atoms with E-state index in [0.29, 0.717) is 33.4 Å². The number of ether oxygens (including phenoxy) is 1. The number of anilines is 2. The largest absolute Gasteiger partial charge is 0.495 e. The summed E-state index contributed by atoms with van der Waals surface area (Å²) in [6.45, 7) is 0. The Labute approximate surface area is 172 Å². The van der Waals surface area contributed by atoms with E-state index in [0.717, 1.165) is 0 Å². The SMILES string of the molecule is COc1ccccc1NC(=O)c1ccc(NC(=O)c2cc(Cl)c(Cl)n2C)cc1. The van der Waals surface area contributed by atoms with Gasteiger partial charge in [0.05, 0.1) is 17.8 Å². The van der Waals surface area contributed by atoms with Crippen LogP contribution in [0.15, 0.2) is 54.6 Å². The molecule has 0 aliphatic rings. The maximum atomic E-state index is 12.4. The Kier molecular flexibility index (Phi) is 5.92. The first kappa shape index (κ1) is 19.8. The number of hydrogen-bond donors (Lipinski definition) is 2. The molecule has 144 valence electrons. The lowest BCUT2D eigenvalue weighted by atomic mass is 10.2. The first-order chi connectivity index (χ1) is 13.4. The Hall–Kier alpha value is -2.96. The molecule has 8 heteroatoms. The van der Waals surface area contributed by atoms with Gasteiger partial charge in [0.25, 0.3) is 11.8 Å². The lowest BCUT2D eigenvalue weighted by Crippen LogP contribution is -2.16. The van der Waals surface area contributed by atoms with Gasteiger partial charge in [-0.25, -0.2) is 0 Å². The molecular weight excluding hydrogens is 401 g/mol. The minimum atomic E-state index is -0.359. The molecule has 0 saturated carbocycles. The van der Waals surface area contributed by atoms with Gasteiger partial charge in [-0.2, -0.15) is 0 Å². The average Bonchev–Trinajstić information content (AvgIpc) is 2.96. The van der Waals surface area contributed by atoms with Crippen molar-refractivity contribution in [1.82, 2.24) is 4.57 Å². The van der Waals surface area contributed by atoms with Crippen molar-refractivity contribution in [3.05, 3.63) is 76.0 Å².